The lowest BCUT2D eigenvalue weighted by atomic mass is 9.92. The molecule has 1 rings (SSSR count). The summed E-state index contributed by atoms with van der Waals surface area (Å²) in [5, 5.41) is 21.9. The van der Waals surface area contributed by atoms with Crippen LogP contribution in [0.2, 0.25) is 0 Å². The average Bonchev–Trinajstić information content (AvgIpc) is 2.18. The fraction of sp³-hybridized carbons (Fsp3) is 1.00. The topological polar surface area (TPSA) is 52.5 Å². The van der Waals surface area contributed by atoms with E-state index < -0.39 is 0 Å². The largest absolute Gasteiger partial charge is 0.396 e. The molecule has 0 saturated heterocycles. The van der Waals surface area contributed by atoms with Crippen molar-refractivity contribution < 1.29 is 10.2 Å². The molecule has 3 heteroatoms. The van der Waals surface area contributed by atoms with Crippen LogP contribution in [0.1, 0.15) is 45.4 Å². The van der Waals surface area contributed by atoms with Gasteiger partial charge in [0.1, 0.15) is 0 Å². The van der Waals surface area contributed by atoms with Crippen LogP contribution in [0, 0.1) is 0 Å². The third-order valence-electron chi connectivity index (χ3n) is 3.02. The molecule has 14 heavy (non-hydrogen) atoms. The van der Waals surface area contributed by atoms with Gasteiger partial charge in [-0.1, -0.05) is 12.8 Å². The summed E-state index contributed by atoms with van der Waals surface area (Å²) >= 11 is 0. The Hall–Kier alpha value is -0.120. The Morgan fingerprint density at radius 3 is 2.71 bits per heavy atom. The zero-order valence-electron chi connectivity index (χ0n) is 9.08. The smallest absolute Gasteiger partial charge is 0.0693 e. The lowest BCUT2D eigenvalue weighted by Crippen LogP contribution is -2.46. The Morgan fingerprint density at radius 2 is 2.07 bits per heavy atom. The molecule has 1 saturated carbocycles. The van der Waals surface area contributed by atoms with E-state index in [4.69, 9.17) is 5.11 Å². The summed E-state index contributed by atoms with van der Waals surface area (Å²) < 4.78 is 0. The van der Waals surface area contributed by atoms with Gasteiger partial charge in [0, 0.05) is 18.7 Å². The summed E-state index contributed by atoms with van der Waals surface area (Å²) in [6.07, 6.45) is 6.07. The lowest BCUT2D eigenvalue weighted by Gasteiger charge is -2.31. The van der Waals surface area contributed by atoms with E-state index >= 15 is 0 Å². The molecule has 3 nitrogen and oxygen atoms in total. The summed E-state index contributed by atoms with van der Waals surface area (Å²) in [5.74, 6) is 0. The summed E-state index contributed by atoms with van der Waals surface area (Å²) in [4.78, 5) is 0. The minimum Gasteiger partial charge on any atom is -0.396 e. The van der Waals surface area contributed by atoms with Crippen molar-refractivity contribution in [3.05, 3.63) is 0 Å². The molecule has 0 radical (unpaired) electrons. The van der Waals surface area contributed by atoms with Crippen LogP contribution >= 0.6 is 0 Å². The van der Waals surface area contributed by atoms with Gasteiger partial charge in [0.05, 0.1) is 6.10 Å². The molecule has 0 aliphatic heterocycles. The Morgan fingerprint density at radius 1 is 1.36 bits per heavy atom. The highest BCUT2D eigenvalue weighted by molar-refractivity contribution is 4.82. The number of aliphatic hydroxyl groups is 2. The summed E-state index contributed by atoms with van der Waals surface area (Å²) in [5.41, 5.74) is 0. The molecule has 0 aromatic carbocycles. The van der Waals surface area contributed by atoms with Gasteiger partial charge in [0.25, 0.3) is 0 Å². The maximum absolute atomic E-state index is 9.73. The van der Waals surface area contributed by atoms with E-state index in [9.17, 15) is 5.11 Å². The molecule has 84 valence electrons. The third kappa shape index (κ3) is 3.95. The number of hydrogen-bond donors (Lipinski definition) is 3. The number of hydrogen-bond acceptors (Lipinski definition) is 3. The molecule has 1 aliphatic carbocycles. The second-order valence-electron chi connectivity index (χ2n) is 4.39. The predicted octanol–water partition coefficient (Wildman–Crippen LogP) is 1.04. The van der Waals surface area contributed by atoms with Crippen molar-refractivity contribution in [2.24, 2.45) is 0 Å². The molecule has 0 aromatic rings. The van der Waals surface area contributed by atoms with Gasteiger partial charge in [-0.3, -0.25) is 0 Å². The van der Waals surface area contributed by atoms with Crippen molar-refractivity contribution >= 4 is 0 Å². The first-order valence-corrected chi connectivity index (χ1v) is 5.79. The van der Waals surface area contributed by atoms with Gasteiger partial charge in [0.15, 0.2) is 0 Å². The minimum absolute atomic E-state index is 0.166. The van der Waals surface area contributed by atoms with Crippen LogP contribution in [-0.4, -0.2) is 35.0 Å². The van der Waals surface area contributed by atoms with Crippen molar-refractivity contribution in [1.82, 2.24) is 5.32 Å². The Kier molecular flexibility index (Phi) is 5.45. The van der Waals surface area contributed by atoms with Crippen LogP contribution in [0.25, 0.3) is 0 Å². The zero-order valence-corrected chi connectivity index (χ0v) is 9.08. The van der Waals surface area contributed by atoms with Crippen LogP contribution in [0.5, 0.6) is 0 Å². The van der Waals surface area contributed by atoms with Crippen LogP contribution in [-0.2, 0) is 0 Å². The van der Waals surface area contributed by atoms with E-state index in [-0.39, 0.29) is 18.8 Å². The van der Waals surface area contributed by atoms with Crippen molar-refractivity contribution in [2.75, 3.05) is 6.61 Å². The molecule has 3 atom stereocenters. The highest BCUT2D eigenvalue weighted by atomic mass is 16.3. The van der Waals surface area contributed by atoms with Gasteiger partial charge >= 0.3 is 0 Å². The van der Waals surface area contributed by atoms with E-state index in [1.807, 2.05) is 0 Å². The van der Waals surface area contributed by atoms with E-state index in [2.05, 4.69) is 12.2 Å². The molecule has 0 spiro atoms. The number of rotatable bonds is 5. The molecule has 3 unspecified atom stereocenters. The van der Waals surface area contributed by atoms with E-state index in [1.165, 1.54) is 6.42 Å². The second kappa shape index (κ2) is 6.38. The Labute approximate surface area is 86.5 Å². The predicted molar refractivity (Wildman–Crippen MR) is 57.2 cm³/mol. The van der Waals surface area contributed by atoms with Crippen molar-refractivity contribution in [3.63, 3.8) is 0 Å². The zero-order chi connectivity index (χ0) is 10.4. The van der Waals surface area contributed by atoms with Crippen molar-refractivity contribution in [1.29, 1.82) is 0 Å². The van der Waals surface area contributed by atoms with Gasteiger partial charge < -0.3 is 15.5 Å². The van der Waals surface area contributed by atoms with Crippen LogP contribution in [0.3, 0.4) is 0 Å². The van der Waals surface area contributed by atoms with Gasteiger partial charge in [-0.05, 0) is 32.6 Å². The first-order valence-electron chi connectivity index (χ1n) is 5.79. The normalized spacial score (nSPS) is 30.2. The molecule has 3 N–H and O–H groups in total. The lowest BCUT2D eigenvalue weighted by molar-refractivity contribution is 0.0848. The summed E-state index contributed by atoms with van der Waals surface area (Å²) in [6.45, 7) is 2.39. The van der Waals surface area contributed by atoms with Gasteiger partial charge in [0.2, 0.25) is 0 Å². The molecule has 0 heterocycles. The first-order chi connectivity index (χ1) is 6.74. The highest BCUT2D eigenvalue weighted by Crippen LogP contribution is 2.19. The van der Waals surface area contributed by atoms with Gasteiger partial charge in [-0.15, -0.1) is 0 Å². The molecular formula is C11H23NO2. The monoisotopic (exact) mass is 201 g/mol. The van der Waals surface area contributed by atoms with E-state index in [0.29, 0.717) is 6.04 Å². The SMILES string of the molecule is CC(CCCO)NC1CCCCC1O. The minimum atomic E-state index is -0.166. The Bertz CT molecular complexity index is 152. The maximum Gasteiger partial charge on any atom is 0.0693 e. The second-order valence-corrected chi connectivity index (χ2v) is 4.39. The average molecular weight is 201 g/mol. The fourth-order valence-electron chi connectivity index (χ4n) is 2.15. The fourth-order valence-corrected chi connectivity index (χ4v) is 2.15. The number of nitrogens with one attached hydrogen (secondary N) is 1. The molecule has 1 aliphatic rings. The van der Waals surface area contributed by atoms with Gasteiger partial charge in [-0.2, -0.15) is 0 Å². The molecule has 0 amide bonds. The first kappa shape index (κ1) is 12.0. The van der Waals surface area contributed by atoms with Crippen molar-refractivity contribution in [2.45, 2.75) is 63.6 Å². The van der Waals surface area contributed by atoms with E-state index in [1.54, 1.807) is 0 Å². The number of aliphatic hydroxyl groups excluding tert-OH is 2. The van der Waals surface area contributed by atoms with Crippen LogP contribution < -0.4 is 5.32 Å². The standard InChI is InChI=1S/C11H23NO2/c1-9(5-4-8-13)12-10-6-2-3-7-11(10)14/h9-14H,2-8H2,1H3. The Balaban J connectivity index is 2.20. The molecule has 1 fully saturated rings. The molecule has 0 aromatic heterocycles. The maximum atomic E-state index is 9.73. The van der Waals surface area contributed by atoms with Crippen LogP contribution in [0.4, 0.5) is 0 Å². The quantitative estimate of drug-likeness (QED) is 0.623. The van der Waals surface area contributed by atoms with Gasteiger partial charge in [-0.25, -0.2) is 0 Å². The highest BCUT2D eigenvalue weighted by Gasteiger charge is 2.23. The molecule has 0 bridgehead atoms. The van der Waals surface area contributed by atoms with Crippen LogP contribution in [0.15, 0.2) is 0 Å². The summed E-state index contributed by atoms with van der Waals surface area (Å²) in [7, 11) is 0. The molecular weight excluding hydrogens is 178 g/mol. The third-order valence-corrected chi connectivity index (χ3v) is 3.02. The van der Waals surface area contributed by atoms with Crippen molar-refractivity contribution in [3.8, 4) is 0 Å². The summed E-state index contributed by atoms with van der Waals surface area (Å²) in [6, 6.07) is 0.678. The van der Waals surface area contributed by atoms with E-state index in [0.717, 1.165) is 32.1 Å².